The SMILES string of the molecule is COC(=O)C(C)CC1(C)C(=O)N(Cc2ccccc2)C(c2ccc(F)cc2)=C1C. The van der Waals surface area contributed by atoms with Crippen LogP contribution in [0.3, 0.4) is 0 Å². The van der Waals surface area contributed by atoms with Crippen molar-refractivity contribution in [1.29, 1.82) is 0 Å². The van der Waals surface area contributed by atoms with Gasteiger partial charge in [0, 0.05) is 0 Å². The Bertz CT molecular complexity index is 936. The van der Waals surface area contributed by atoms with Gasteiger partial charge in [0.25, 0.3) is 0 Å². The molecule has 152 valence electrons. The van der Waals surface area contributed by atoms with Gasteiger partial charge in [0.15, 0.2) is 0 Å². The molecule has 2 aromatic rings. The first-order chi connectivity index (χ1) is 13.8. The van der Waals surface area contributed by atoms with Gasteiger partial charge >= 0.3 is 5.97 Å². The molecule has 5 heteroatoms. The van der Waals surface area contributed by atoms with Crippen molar-refractivity contribution in [2.75, 3.05) is 7.11 Å². The third-order valence-electron chi connectivity index (χ3n) is 5.79. The van der Waals surface area contributed by atoms with Crippen LogP contribution in [0.15, 0.2) is 60.2 Å². The van der Waals surface area contributed by atoms with Crippen LogP contribution in [0.4, 0.5) is 4.39 Å². The second kappa shape index (κ2) is 8.19. The Balaban J connectivity index is 2.06. The molecule has 1 aliphatic heterocycles. The number of halogens is 1. The summed E-state index contributed by atoms with van der Waals surface area (Å²) in [6.07, 6.45) is 0.348. The van der Waals surface area contributed by atoms with E-state index >= 15 is 0 Å². The molecule has 0 aromatic heterocycles. The number of ether oxygens (including phenoxy) is 1. The van der Waals surface area contributed by atoms with E-state index in [2.05, 4.69) is 0 Å². The Labute approximate surface area is 171 Å². The third kappa shape index (κ3) is 3.95. The van der Waals surface area contributed by atoms with Crippen LogP contribution >= 0.6 is 0 Å². The zero-order chi connectivity index (χ0) is 21.2. The lowest BCUT2D eigenvalue weighted by molar-refractivity contribution is -0.146. The van der Waals surface area contributed by atoms with Crippen LogP contribution in [0.5, 0.6) is 0 Å². The number of benzene rings is 2. The Morgan fingerprint density at radius 1 is 1.14 bits per heavy atom. The summed E-state index contributed by atoms with van der Waals surface area (Å²) in [5.74, 6) is -1.14. The van der Waals surface area contributed by atoms with Crippen molar-refractivity contribution in [1.82, 2.24) is 4.90 Å². The molecular weight excluding hydrogens is 369 g/mol. The van der Waals surface area contributed by atoms with E-state index in [0.29, 0.717) is 13.0 Å². The van der Waals surface area contributed by atoms with Crippen LogP contribution in [-0.4, -0.2) is 23.9 Å². The van der Waals surface area contributed by atoms with Crippen LogP contribution in [-0.2, 0) is 20.9 Å². The standard InChI is InChI=1S/C24H26FNO3/c1-16(22(27)29-4)14-24(3)17(2)21(19-10-12-20(25)13-11-19)26(23(24)28)15-18-8-6-5-7-9-18/h5-13,16H,14-15H2,1-4H3. The summed E-state index contributed by atoms with van der Waals surface area (Å²) >= 11 is 0. The molecular formula is C24H26FNO3. The lowest BCUT2D eigenvalue weighted by Crippen LogP contribution is -2.37. The fourth-order valence-corrected chi connectivity index (χ4v) is 4.06. The van der Waals surface area contributed by atoms with Crippen molar-refractivity contribution >= 4 is 17.6 Å². The van der Waals surface area contributed by atoms with Crippen molar-refractivity contribution in [3.63, 3.8) is 0 Å². The monoisotopic (exact) mass is 395 g/mol. The number of hydrogen-bond acceptors (Lipinski definition) is 3. The molecule has 0 fully saturated rings. The number of carbonyl (C=O) groups excluding carboxylic acids is 2. The van der Waals surface area contributed by atoms with E-state index in [1.54, 1.807) is 24.0 Å². The molecule has 1 heterocycles. The Kier molecular flexibility index (Phi) is 5.87. The van der Waals surface area contributed by atoms with Gasteiger partial charge in [-0.2, -0.15) is 0 Å². The van der Waals surface area contributed by atoms with Crippen LogP contribution in [0.2, 0.25) is 0 Å². The van der Waals surface area contributed by atoms with Gasteiger partial charge in [-0.25, -0.2) is 4.39 Å². The van der Waals surface area contributed by atoms with Gasteiger partial charge in [0.2, 0.25) is 5.91 Å². The average molecular weight is 395 g/mol. The minimum atomic E-state index is -0.841. The normalized spacial score (nSPS) is 20.2. The first kappa shape index (κ1) is 20.8. The van der Waals surface area contributed by atoms with Crippen molar-refractivity contribution in [2.45, 2.75) is 33.7 Å². The molecule has 0 bridgehead atoms. The molecule has 3 rings (SSSR count). The fraction of sp³-hybridized carbons (Fsp3) is 0.333. The van der Waals surface area contributed by atoms with Gasteiger partial charge in [0.05, 0.1) is 30.7 Å². The van der Waals surface area contributed by atoms with Gasteiger partial charge in [-0.05, 0) is 61.2 Å². The van der Waals surface area contributed by atoms with Crippen LogP contribution in [0.25, 0.3) is 5.70 Å². The smallest absolute Gasteiger partial charge is 0.308 e. The molecule has 2 unspecified atom stereocenters. The van der Waals surface area contributed by atoms with Gasteiger partial charge in [-0.3, -0.25) is 9.59 Å². The molecule has 1 aliphatic rings. The van der Waals surface area contributed by atoms with E-state index in [4.69, 9.17) is 4.74 Å². The minimum Gasteiger partial charge on any atom is -0.469 e. The van der Waals surface area contributed by atoms with E-state index in [9.17, 15) is 14.0 Å². The molecule has 0 aliphatic carbocycles. The van der Waals surface area contributed by atoms with Gasteiger partial charge in [-0.15, -0.1) is 0 Å². The van der Waals surface area contributed by atoms with E-state index in [0.717, 1.165) is 22.4 Å². The average Bonchev–Trinajstić information content (AvgIpc) is 2.90. The molecule has 4 nitrogen and oxygen atoms in total. The Hall–Kier alpha value is -2.95. The number of esters is 1. The maximum Gasteiger partial charge on any atom is 0.308 e. The molecule has 0 saturated heterocycles. The quantitative estimate of drug-likeness (QED) is 0.660. The van der Waals surface area contributed by atoms with E-state index in [1.165, 1.54) is 19.2 Å². The van der Waals surface area contributed by atoms with Crippen molar-refractivity contribution in [3.8, 4) is 0 Å². The van der Waals surface area contributed by atoms with Gasteiger partial charge < -0.3 is 9.64 Å². The Morgan fingerprint density at radius 3 is 2.34 bits per heavy atom. The van der Waals surface area contributed by atoms with Crippen molar-refractivity contribution < 1.29 is 18.7 Å². The van der Waals surface area contributed by atoms with Crippen LogP contribution in [0.1, 0.15) is 38.3 Å². The molecule has 0 saturated carbocycles. The zero-order valence-electron chi connectivity index (χ0n) is 17.2. The second-order valence-electron chi connectivity index (χ2n) is 7.82. The molecule has 1 amide bonds. The van der Waals surface area contributed by atoms with E-state index in [1.807, 2.05) is 44.2 Å². The Morgan fingerprint density at radius 2 is 1.76 bits per heavy atom. The molecule has 0 radical (unpaired) electrons. The predicted octanol–water partition coefficient (Wildman–Crippen LogP) is 4.80. The van der Waals surface area contributed by atoms with Crippen molar-refractivity contribution in [2.24, 2.45) is 11.3 Å². The number of amides is 1. The summed E-state index contributed by atoms with van der Waals surface area (Å²) in [7, 11) is 1.35. The number of methoxy groups -OCH3 is 1. The highest BCUT2D eigenvalue weighted by Gasteiger charge is 2.48. The maximum absolute atomic E-state index is 13.6. The topological polar surface area (TPSA) is 46.6 Å². The summed E-state index contributed by atoms with van der Waals surface area (Å²) in [6.45, 7) is 5.98. The van der Waals surface area contributed by atoms with Crippen LogP contribution in [0, 0.1) is 17.2 Å². The highest BCUT2D eigenvalue weighted by molar-refractivity contribution is 6.00. The molecule has 0 spiro atoms. The highest BCUT2D eigenvalue weighted by Crippen LogP contribution is 2.48. The lowest BCUT2D eigenvalue weighted by atomic mass is 9.76. The number of nitrogens with zero attached hydrogens (tertiary/aromatic N) is 1. The fourth-order valence-electron chi connectivity index (χ4n) is 4.06. The summed E-state index contributed by atoms with van der Waals surface area (Å²) in [5.41, 5.74) is 2.59. The lowest BCUT2D eigenvalue weighted by Gasteiger charge is -2.28. The van der Waals surface area contributed by atoms with E-state index < -0.39 is 11.3 Å². The van der Waals surface area contributed by atoms with Crippen LogP contribution < -0.4 is 0 Å². The minimum absolute atomic E-state index is 0.0612. The summed E-state index contributed by atoms with van der Waals surface area (Å²) < 4.78 is 18.4. The predicted molar refractivity (Wildman–Crippen MR) is 110 cm³/mol. The molecule has 2 atom stereocenters. The van der Waals surface area contributed by atoms with Gasteiger partial charge in [-0.1, -0.05) is 37.3 Å². The number of hydrogen-bond donors (Lipinski definition) is 0. The third-order valence-corrected chi connectivity index (χ3v) is 5.79. The van der Waals surface area contributed by atoms with Gasteiger partial charge in [0.1, 0.15) is 5.82 Å². The second-order valence-corrected chi connectivity index (χ2v) is 7.82. The molecule has 2 aromatic carbocycles. The summed E-state index contributed by atoms with van der Waals surface area (Å²) in [4.78, 5) is 27.4. The summed E-state index contributed by atoms with van der Waals surface area (Å²) in [5, 5.41) is 0. The zero-order valence-corrected chi connectivity index (χ0v) is 17.2. The first-order valence-corrected chi connectivity index (χ1v) is 9.69. The number of carbonyl (C=O) groups is 2. The number of rotatable bonds is 6. The molecule has 0 N–H and O–H groups in total. The van der Waals surface area contributed by atoms with Crippen molar-refractivity contribution in [3.05, 3.63) is 77.1 Å². The highest BCUT2D eigenvalue weighted by atomic mass is 19.1. The maximum atomic E-state index is 13.6. The first-order valence-electron chi connectivity index (χ1n) is 9.69. The largest absolute Gasteiger partial charge is 0.469 e. The summed E-state index contributed by atoms with van der Waals surface area (Å²) in [6, 6.07) is 15.9. The van der Waals surface area contributed by atoms with E-state index in [-0.39, 0.29) is 17.7 Å². The molecule has 29 heavy (non-hydrogen) atoms.